The molecule has 16 heavy (non-hydrogen) atoms. The van der Waals surface area contributed by atoms with E-state index in [2.05, 4.69) is 36.4 Å². The first-order valence-electron chi connectivity index (χ1n) is 5.77. The SMILES string of the molecule is c1ccc2c(c1)CCCc1ccccc1O2. The van der Waals surface area contributed by atoms with Crippen LogP contribution in [0.5, 0.6) is 11.5 Å². The van der Waals surface area contributed by atoms with Crippen molar-refractivity contribution in [2.75, 3.05) is 0 Å². The van der Waals surface area contributed by atoms with Gasteiger partial charge in [-0.25, -0.2) is 0 Å². The molecule has 0 saturated heterocycles. The zero-order chi connectivity index (χ0) is 10.8. The fourth-order valence-electron chi connectivity index (χ4n) is 2.21. The minimum Gasteiger partial charge on any atom is -0.457 e. The zero-order valence-electron chi connectivity index (χ0n) is 9.15. The van der Waals surface area contributed by atoms with Crippen molar-refractivity contribution < 1.29 is 4.74 Å². The normalized spacial score (nSPS) is 14.0. The van der Waals surface area contributed by atoms with Crippen molar-refractivity contribution in [3.63, 3.8) is 0 Å². The third-order valence-electron chi connectivity index (χ3n) is 3.06. The van der Waals surface area contributed by atoms with Crippen molar-refractivity contribution in [2.24, 2.45) is 0 Å². The Morgan fingerprint density at radius 3 is 1.75 bits per heavy atom. The third-order valence-corrected chi connectivity index (χ3v) is 3.06. The summed E-state index contributed by atoms with van der Waals surface area (Å²) in [7, 11) is 0. The second-order valence-electron chi connectivity index (χ2n) is 4.17. The Morgan fingerprint density at radius 2 is 1.19 bits per heavy atom. The highest BCUT2D eigenvalue weighted by Crippen LogP contribution is 2.32. The van der Waals surface area contributed by atoms with Gasteiger partial charge in [-0.05, 0) is 42.5 Å². The van der Waals surface area contributed by atoms with Gasteiger partial charge >= 0.3 is 0 Å². The summed E-state index contributed by atoms with van der Waals surface area (Å²) in [4.78, 5) is 0. The van der Waals surface area contributed by atoms with Crippen molar-refractivity contribution >= 4 is 0 Å². The van der Waals surface area contributed by atoms with Gasteiger partial charge in [0, 0.05) is 0 Å². The summed E-state index contributed by atoms with van der Waals surface area (Å²) in [6.07, 6.45) is 3.40. The number of benzene rings is 2. The van der Waals surface area contributed by atoms with Crippen LogP contribution in [-0.2, 0) is 12.8 Å². The molecule has 2 aromatic carbocycles. The quantitative estimate of drug-likeness (QED) is 0.639. The molecule has 0 fully saturated rings. The summed E-state index contributed by atoms with van der Waals surface area (Å²) in [6, 6.07) is 16.6. The molecule has 1 nitrogen and oxygen atoms in total. The van der Waals surface area contributed by atoms with Crippen molar-refractivity contribution in [1.82, 2.24) is 0 Å². The van der Waals surface area contributed by atoms with Gasteiger partial charge in [-0.2, -0.15) is 0 Å². The molecule has 1 heterocycles. The smallest absolute Gasteiger partial charge is 0.130 e. The Kier molecular flexibility index (Phi) is 2.37. The molecule has 0 atom stereocenters. The van der Waals surface area contributed by atoms with E-state index in [1.54, 1.807) is 0 Å². The lowest BCUT2D eigenvalue weighted by Crippen LogP contribution is -2.00. The van der Waals surface area contributed by atoms with Crippen LogP contribution in [0.4, 0.5) is 0 Å². The molecular weight excluding hydrogens is 196 g/mol. The highest BCUT2D eigenvalue weighted by Gasteiger charge is 2.11. The average Bonchev–Trinajstić information content (AvgIpc) is 2.29. The first kappa shape index (κ1) is 9.46. The molecule has 0 bridgehead atoms. The maximum absolute atomic E-state index is 5.98. The second kappa shape index (κ2) is 4.01. The highest BCUT2D eigenvalue weighted by molar-refractivity contribution is 5.42. The Bertz CT molecular complexity index is 457. The fourth-order valence-corrected chi connectivity index (χ4v) is 2.21. The summed E-state index contributed by atoms with van der Waals surface area (Å²) < 4.78 is 5.98. The van der Waals surface area contributed by atoms with Crippen molar-refractivity contribution in [3.8, 4) is 11.5 Å². The van der Waals surface area contributed by atoms with Gasteiger partial charge < -0.3 is 4.74 Å². The first-order valence-corrected chi connectivity index (χ1v) is 5.77. The summed E-state index contributed by atoms with van der Waals surface area (Å²) >= 11 is 0. The van der Waals surface area contributed by atoms with Crippen LogP contribution in [0.1, 0.15) is 17.5 Å². The lowest BCUT2D eigenvalue weighted by Gasteiger charge is -2.17. The van der Waals surface area contributed by atoms with E-state index in [-0.39, 0.29) is 0 Å². The van der Waals surface area contributed by atoms with Gasteiger partial charge in [0.15, 0.2) is 0 Å². The molecule has 0 unspecified atom stereocenters. The lowest BCUT2D eigenvalue weighted by atomic mass is 10.0. The molecule has 2 aromatic rings. The van der Waals surface area contributed by atoms with Crippen LogP contribution < -0.4 is 4.74 Å². The Morgan fingerprint density at radius 1 is 0.688 bits per heavy atom. The van der Waals surface area contributed by atoms with Crippen LogP contribution >= 0.6 is 0 Å². The number of hydrogen-bond donors (Lipinski definition) is 0. The molecule has 1 aliphatic heterocycles. The average molecular weight is 210 g/mol. The highest BCUT2D eigenvalue weighted by atomic mass is 16.5. The van der Waals surface area contributed by atoms with Crippen LogP contribution in [-0.4, -0.2) is 0 Å². The van der Waals surface area contributed by atoms with Crippen LogP contribution in [0.15, 0.2) is 48.5 Å². The standard InChI is InChI=1S/C15H14O/c1-3-10-14-12(6-1)8-5-9-13-7-2-4-11-15(13)16-14/h1-4,6-7,10-11H,5,8-9H2. The molecule has 0 aromatic heterocycles. The predicted octanol–water partition coefficient (Wildman–Crippen LogP) is 3.97. The minimum absolute atomic E-state index is 1.01. The molecule has 80 valence electrons. The summed E-state index contributed by atoms with van der Waals surface area (Å²) in [5.41, 5.74) is 2.63. The largest absolute Gasteiger partial charge is 0.457 e. The van der Waals surface area contributed by atoms with Gasteiger partial charge in [0.05, 0.1) is 0 Å². The topological polar surface area (TPSA) is 9.23 Å². The molecule has 0 spiro atoms. The Balaban J connectivity index is 2.06. The zero-order valence-corrected chi connectivity index (χ0v) is 9.15. The molecule has 3 rings (SSSR count). The first-order chi connectivity index (χ1) is 7.93. The number of aryl methyl sites for hydroxylation is 2. The van der Waals surface area contributed by atoms with Gasteiger partial charge in [-0.1, -0.05) is 36.4 Å². The van der Waals surface area contributed by atoms with E-state index in [9.17, 15) is 0 Å². The fraction of sp³-hybridized carbons (Fsp3) is 0.200. The molecule has 0 amide bonds. The van der Waals surface area contributed by atoms with E-state index in [0.717, 1.165) is 24.3 Å². The van der Waals surface area contributed by atoms with Crippen LogP contribution in [0.25, 0.3) is 0 Å². The predicted molar refractivity (Wildman–Crippen MR) is 65.0 cm³/mol. The molecule has 0 aliphatic carbocycles. The van der Waals surface area contributed by atoms with Crippen LogP contribution in [0, 0.1) is 0 Å². The Labute approximate surface area is 95.7 Å². The molecule has 1 heteroatoms. The van der Waals surface area contributed by atoms with E-state index in [1.807, 2.05) is 12.1 Å². The monoisotopic (exact) mass is 210 g/mol. The van der Waals surface area contributed by atoms with Gasteiger partial charge in [0.1, 0.15) is 11.5 Å². The van der Waals surface area contributed by atoms with Gasteiger partial charge in [-0.15, -0.1) is 0 Å². The number of ether oxygens (including phenoxy) is 1. The number of fused-ring (bicyclic) bond motifs is 2. The second-order valence-corrected chi connectivity index (χ2v) is 4.17. The van der Waals surface area contributed by atoms with Crippen LogP contribution in [0.3, 0.4) is 0 Å². The summed E-state index contributed by atoms with van der Waals surface area (Å²) in [5, 5.41) is 0. The lowest BCUT2D eigenvalue weighted by molar-refractivity contribution is 0.461. The number of hydrogen-bond acceptors (Lipinski definition) is 1. The summed E-state index contributed by atoms with van der Waals surface area (Å²) in [5.74, 6) is 2.02. The molecule has 0 N–H and O–H groups in total. The van der Waals surface area contributed by atoms with Crippen molar-refractivity contribution in [1.29, 1.82) is 0 Å². The van der Waals surface area contributed by atoms with Gasteiger partial charge in [0.25, 0.3) is 0 Å². The minimum atomic E-state index is 1.01. The maximum Gasteiger partial charge on any atom is 0.130 e. The molecule has 0 saturated carbocycles. The molecular formula is C15H14O. The van der Waals surface area contributed by atoms with E-state index in [1.165, 1.54) is 17.5 Å². The van der Waals surface area contributed by atoms with E-state index in [0.29, 0.717) is 0 Å². The van der Waals surface area contributed by atoms with Crippen molar-refractivity contribution in [2.45, 2.75) is 19.3 Å². The number of para-hydroxylation sites is 2. The van der Waals surface area contributed by atoms with Gasteiger partial charge in [-0.3, -0.25) is 0 Å². The van der Waals surface area contributed by atoms with Crippen LogP contribution in [0.2, 0.25) is 0 Å². The third kappa shape index (κ3) is 1.69. The van der Waals surface area contributed by atoms with E-state index >= 15 is 0 Å². The van der Waals surface area contributed by atoms with E-state index < -0.39 is 0 Å². The van der Waals surface area contributed by atoms with Crippen molar-refractivity contribution in [3.05, 3.63) is 59.7 Å². The molecule has 0 radical (unpaired) electrons. The van der Waals surface area contributed by atoms with E-state index in [4.69, 9.17) is 4.74 Å². The maximum atomic E-state index is 5.98. The Hall–Kier alpha value is -1.76. The molecule has 1 aliphatic rings. The number of rotatable bonds is 0. The van der Waals surface area contributed by atoms with Gasteiger partial charge in [0.2, 0.25) is 0 Å². The summed E-state index contributed by atoms with van der Waals surface area (Å²) in [6.45, 7) is 0.